The van der Waals surface area contributed by atoms with Crippen molar-refractivity contribution >= 4 is 10.0 Å². The van der Waals surface area contributed by atoms with Gasteiger partial charge in [-0.2, -0.15) is 0 Å². The van der Waals surface area contributed by atoms with Crippen molar-refractivity contribution in [1.82, 2.24) is 15.2 Å². The number of nitrogens with one attached hydrogen (secondary N) is 2. The average molecular weight is 164 g/mol. The van der Waals surface area contributed by atoms with Crippen molar-refractivity contribution in [2.45, 2.75) is 5.16 Å². The molecule has 0 radical (unpaired) electrons. The summed E-state index contributed by atoms with van der Waals surface area (Å²) in [5.74, 6) is 0. The number of nitrogens with two attached hydrogens (primary N) is 1. The average Bonchev–Trinajstić information content (AvgIpc) is 2.11. The smallest absolute Gasteiger partial charge is 0.279 e. The van der Waals surface area contributed by atoms with Gasteiger partial charge in [-0.1, -0.05) is 0 Å². The molecule has 1 heterocycles. The predicted molar refractivity (Wildman–Crippen MR) is 30.6 cm³/mol. The maximum Gasteiger partial charge on any atom is 0.341 e. The van der Waals surface area contributed by atoms with Crippen LogP contribution in [0.4, 0.5) is 0 Å². The Hall–Kier alpha value is -1.15. The summed E-state index contributed by atoms with van der Waals surface area (Å²) in [7, 11) is -3.88. The van der Waals surface area contributed by atoms with Gasteiger partial charge in [0.15, 0.2) is 0 Å². The second-order valence-corrected chi connectivity index (χ2v) is 3.00. The van der Waals surface area contributed by atoms with Gasteiger partial charge in [-0.25, -0.2) is 23.4 Å². The molecule has 0 aliphatic rings. The first-order valence-electron chi connectivity index (χ1n) is 2.17. The van der Waals surface area contributed by atoms with E-state index in [0.29, 0.717) is 0 Å². The van der Waals surface area contributed by atoms with Gasteiger partial charge in [-0.15, -0.1) is 5.10 Å². The third kappa shape index (κ3) is 1.22. The first-order chi connectivity index (χ1) is 4.50. The zero-order valence-corrected chi connectivity index (χ0v) is 5.47. The monoisotopic (exact) mass is 164 g/mol. The van der Waals surface area contributed by atoms with Gasteiger partial charge < -0.3 is 0 Å². The maximum absolute atomic E-state index is 10.4. The predicted octanol–water partition coefficient (Wildman–Crippen LogP) is -2.25. The molecular weight excluding hydrogens is 160 g/mol. The Morgan fingerprint density at radius 3 is 2.30 bits per heavy atom. The lowest BCUT2D eigenvalue weighted by Gasteiger charge is -1.84. The molecular formula is C2H4N4O3S. The molecule has 1 aromatic rings. The molecule has 4 N–H and O–H groups in total. The zero-order valence-electron chi connectivity index (χ0n) is 4.66. The fourth-order valence-corrected chi connectivity index (χ4v) is 0.797. The maximum atomic E-state index is 10.4. The van der Waals surface area contributed by atoms with Gasteiger partial charge in [0, 0.05) is 0 Å². The first-order valence-corrected chi connectivity index (χ1v) is 3.72. The lowest BCUT2D eigenvalue weighted by Crippen LogP contribution is -2.14. The minimum absolute atomic E-state index is 0.558. The topological polar surface area (TPSA) is 122 Å². The van der Waals surface area contributed by atoms with Crippen LogP contribution in [0.15, 0.2) is 9.95 Å². The molecule has 0 bridgehead atoms. The van der Waals surface area contributed by atoms with Crippen molar-refractivity contribution in [2.24, 2.45) is 5.14 Å². The summed E-state index contributed by atoms with van der Waals surface area (Å²) < 4.78 is 20.7. The van der Waals surface area contributed by atoms with Gasteiger partial charge in [-0.3, -0.25) is 4.98 Å². The molecule has 0 aliphatic heterocycles. The number of aromatic nitrogens is 3. The minimum Gasteiger partial charge on any atom is -0.279 e. The summed E-state index contributed by atoms with van der Waals surface area (Å²) in [5.41, 5.74) is -0.705. The highest BCUT2D eigenvalue weighted by Gasteiger charge is 2.10. The van der Waals surface area contributed by atoms with Crippen molar-refractivity contribution in [1.29, 1.82) is 0 Å². The number of primary sulfonamides is 1. The summed E-state index contributed by atoms with van der Waals surface area (Å²) in [4.78, 5) is 12.1. The molecule has 0 saturated heterocycles. The molecule has 0 aromatic carbocycles. The summed E-state index contributed by atoms with van der Waals surface area (Å²) in [6, 6.07) is 0. The molecule has 0 fully saturated rings. The van der Waals surface area contributed by atoms with Gasteiger partial charge in [0.25, 0.3) is 15.2 Å². The normalized spacial score (nSPS) is 11.7. The zero-order chi connectivity index (χ0) is 7.78. The summed E-state index contributed by atoms with van der Waals surface area (Å²) in [6.07, 6.45) is 0. The molecule has 0 atom stereocenters. The standard InChI is InChI=1S/C2H4N4O3S/c3-10(8,9)2-4-1(7)5-6-2/h(H2,3,8,9)(H2,4,5,6,7). The first kappa shape index (κ1) is 6.96. The summed E-state index contributed by atoms with van der Waals surface area (Å²) >= 11 is 0. The molecule has 0 saturated carbocycles. The van der Waals surface area contributed by atoms with Crippen molar-refractivity contribution in [2.75, 3.05) is 0 Å². The third-order valence-electron chi connectivity index (χ3n) is 0.749. The minimum atomic E-state index is -3.88. The van der Waals surface area contributed by atoms with Crippen LogP contribution in [-0.2, 0) is 10.0 Å². The number of hydrogen-bond acceptors (Lipinski definition) is 4. The molecule has 8 heteroatoms. The van der Waals surface area contributed by atoms with Crippen LogP contribution in [0.2, 0.25) is 0 Å². The lowest BCUT2D eigenvalue weighted by molar-refractivity contribution is 0.589. The molecule has 56 valence electrons. The van der Waals surface area contributed by atoms with Gasteiger partial charge in [0.1, 0.15) is 0 Å². The summed E-state index contributed by atoms with van der Waals surface area (Å²) in [6.45, 7) is 0. The van der Waals surface area contributed by atoms with Crippen molar-refractivity contribution in [3.05, 3.63) is 10.5 Å². The quantitative estimate of drug-likeness (QED) is 0.433. The largest absolute Gasteiger partial charge is 0.341 e. The van der Waals surface area contributed by atoms with Gasteiger partial charge in [-0.05, 0) is 0 Å². The van der Waals surface area contributed by atoms with E-state index in [1.165, 1.54) is 0 Å². The Bertz CT molecular complexity index is 371. The Morgan fingerprint density at radius 1 is 1.50 bits per heavy atom. The van der Waals surface area contributed by atoms with Crippen LogP contribution in [0.25, 0.3) is 0 Å². The molecule has 0 aliphatic carbocycles. The SMILES string of the molecule is NS(=O)(=O)c1n[nH]c(=O)[nH]1. The Balaban J connectivity index is 3.34. The number of sulfonamides is 1. The van der Waals surface area contributed by atoms with Crippen molar-refractivity contribution in [3.8, 4) is 0 Å². The van der Waals surface area contributed by atoms with Crippen LogP contribution in [0.3, 0.4) is 0 Å². The van der Waals surface area contributed by atoms with Crippen LogP contribution in [0.1, 0.15) is 0 Å². The molecule has 1 rings (SSSR count). The van der Waals surface area contributed by atoms with Gasteiger partial charge in [0.05, 0.1) is 0 Å². The molecule has 0 unspecified atom stereocenters. The van der Waals surface area contributed by atoms with Crippen LogP contribution in [-0.4, -0.2) is 23.6 Å². The van der Waals surface area contributed by atoms with Crippen LogP contribution in [0.5, 0.6) is 0 Å². The molecule has 0 spiro atoms. The number of hydrogen-bond donors (Lipinski definition) is 3. The van der Waals surface area contributed by atoms with E-state index < -0.39 is 20.9 Å². The molecule has 10 heavy (non-hydrogen) atoms. The fourth-order valence-electron chi connectivity index (χ4n) is 0.389. The third-order valence-corrected chi connectivity index (χ3v) is 1.48. The van der Waals surface area contributed by atoms with E-state index in [-0.39, 0.29) is 0 Å². The Morgan fingerprint density at radius 2 is 2.10 bits per heavy atom. The number of aromatic amines is 2. The van der Waals surface area contributed by atoms with Crippen LogP contribution >= 0.6 is 0 Å². The molecule has 0 amide bonds. The highest BCUT2D eigenvalue weighted by molar-refractivity contribution is 7.89. The van der Waals surface area contributed by atoms with Gasteiger partial charge in [0.2, 0.25) is 0 Å². The fraction of sp³-hybridized carbons (Fsp3) is 0. The highest BCUT2D eigenvalue weighted by Crippen LogP contribution is 1.88. The Labute approximate surface area is 55.3 Å². The van der Waals surface area contributed by atoms with E-state index in [9.17, 15) is 13.2 Å². The number of rotatable bonds is 1. The molecule has 7 nitrogen and oxygen atoms in total. The summed E-state index contributed by atoms with van der Waals surface area (Å²) in [5, 5.41) is 8.97. The van der Waals surface area contributed by atoms with E-state index in [1.54, 1.807) is 0 Å². The number of nitrogens with zero attached hydrogens (tertiary/aromatic N) is 1. The Kier molecular flexibility index (Phi) is 1.34. The molecule has 1 aromatic heterocycles. The van der Waals surface area contributed by atoms with Crippen LogP contribution in [0, 0.1) is 0 Å². The van der Waals surface area contributed by atoms with E-state index in [1.807, 2.05) is 10.1 Å². The second-order valence-electron chi connectivity index (χ2n) is 1.53. The number of H-pyrrole nitrogens is 2. The van der Waals surface area contributed by atoms with E-state index in [0.717, 1.165) is 0 Å². The van der Waals surface area contributed by atoms with Crippen molar-refractivity contribution in [3.63, 3.8) is 0 Å². The second kappa shape index (κ2) is 1.92. The lowest BCUT2D eigenvalue weighted by atomic mass is 11.3. The van der Waals surface area contributed by atoms with Crippen LogP contribution < -0.4 is 10.8 Å². The van der Waals surface area contributed by atoms with Crippen molar-refractivity contribution < 1.29 is 8.42 Å². The van der Waals surface area contributed by atoms with E-state index in [4.69, 9.17) is 0 Å². The highest BCUT2D eigenvalue weighted by atomic mass is 32.2. The van der Waals surface area contributed by atoms with Gasteiger partial charge >= 0.3 is 5.69 Å². The van der Waals surface area contributed by atoms with E-state index in [2.05, 4.69) is 10.2 Å². The van der Waals surface area contributed by atoms with E-state index >= 15 is 0 Å².